The zero-order valence-electron chi connectivity index (χ0n) is 19.5. The topological polar surface area (TPSA) is 110 Å². The van der Waals surface area contributed by atoms with Crippen molar-refractivity contribution in [3.8, 4) is 17.1 Å². The molecule has 8 nitrogen and oxygen atoms in total. The van der Waals surface area contributed by atoms with Gasteiger partial charge in [0, 0.05) is 23.4 Å². The Hall–Kier alpha value is -3.02. The quantitative estimate of drug-likeness (QED) is 0.383. The van der Waals surface area contributed by atoms with E-state index >= 15 is 0 Å². The molecule has 0 aliphatic carbocycles. The summed E-state index contributed by atoms with van der Waals surface area (Å²) < 4.78 is 61.2. The first-order valence-electron chi connectivity index (χ1n) is 11.4. The summed E-state index contributed by atoms with van der Waals surface area (Å²) in [6.45, 7) is 3.85. The third kappa shape index (κ3) is 6.21. The maximum atomic E-state index is 14.3. The molecule has 36 heavy (non-hydrogen) atoms. The van der Waals surface area contributed by atoms with Gasteiger partial charge in [0.25, 0.3) is 5.88 Å². The van der Waals surface area contributed by atoms with Gasteiger partial charge in [0.15, 0.2) is 5.82 Å². The molecule has 2 aromatic carbocycles. The van der Waals surface area contributed by atoms with Crippen LogP contribution in [0.3, 0.4) is 0 Å². The number of rotatable bonds is 9. The maximum Gasteiger partial charge on any atom is 0.258 e. The summed E-state index contributed by atoms with van der Waals surface area (Å²) in [5, 5.41) is -0.386. The van der Waals surface area contributed by atoms with Crippen LogP contribution in [0.15, 0.2) is 42.6 Å². The van der Waals surface area contributed by atoms with Gasteiger partial charge in [0.2, 0.25) is 10.0 Å². The molecule has 0 amide bonds. The van der Waals surface area contributed by atoms with Crippen LogP contribution in [0.2, 0.25) is 5.02 Å². The first-order valence-corrected chi connectivity index (χ1v) is 13.4. The van der Waals surface area contributed by atoms with E-state index in [4.69, 9.17) is 22.1 Å². The number of nitrogens with two attached hydrogens (primary N) is 1. The Morgan fingerprint density at radius 1 is 1.14 bits per heavy atom. The predicted octanol–water partition coefficient (Wildman–Crippen LogP) is 4.63. The highest BCUT2D eigenvalue weighted by molar-refractivity contribution is 7.92. The van der Waals surface area contributed by atoms with Gasteiger partial charge < -0.3 is 15.4 Å². The molecular formula is C24H26ClF2N5O3S. The molecule has 1 unspecified atom stereocenters. The van der Waals surface area contributed by atoms with Crippen LogP contribution in [-0.2, 0) is 10.0 Å². The Morgan fingerprint density at radius 3 is 2.50 bits per heavy atom. The van der Waals surface area contributed by atoms with Gasteiger partial charge in [-0.25, -0.2) is 27.2 Å². The molecule has 3 N–H and O–H groups in total. The van der Waals surface area contributed by atoms with Crippen LogP contribution in [0.4, 0.5) is 20.3 Å². The Kier molecular flexibility index (Phi) is 7.91. The average Bonchev–Trinajstić information content (AvgIpc) is 3.36. The first kappa shape index (κ1) is 26.1. The second-order valence-corrected chi connectivity index (χ2v) is 10.7. The minimum atomic E-state index is -3.49. The molecule has 12 heteroatoms. The second-order valence-electron chi connectivity index (χ2n) is 8.51. The van der Waals surface area contributed by atoms with E-state index in [-0.39, 0.29) is 28.0 Å². The molecule has 1 atom stereocenters. The molecule has 0 radical (unpaired) electrons. The van der Waals surface area contributed by atoms with Crippen LogP contribution in [-0.4, -0.2) is 48.7 Å². The largest absolute Gasteiger partial charge is 0.467 e. The minimum absolute atomic E-state index is 0.0208. The van der Waals surface area contributed by atoms with Crippen LogP contribution < -0.4 is 15.2 Å². The van der Waals surface area contributed by atoms with Gasteiger partial charge in [-0.15, -0.1) is 0 Å². The van der Waals surface area contributed by atoms with Crippen molar-refractivity contribution in [3.63, 3.8) is 0 Å². The van der Waals surface area contributed by atoms with Gasteiger partial charge in [-0.3, -0.25) is 4.72 Å². The van der Waals surface area contributed by atoms with E-state index in [1.807, 2.05) is 0 Å². The fourth-order valence-corrected chi connectivity index (χ4v) is 5.35. The van der Waals surface area contributed by atoms with Gasteiger partial charge in [0.05, 0.1) is 22.7 Å². The number of likely N-dealkylation sites (tertiary alicyclic amines) is 1. The highest BCUT2D eigenvalue weighted by Crippen LogP contribution is 2.33. The number of nitrogens with zero attached hydrogens (tertiary/aromatic N) is 3. The number of anilines is 2. The lowest BCUT2D eigenvalue weighted by Crippen LogP contribution is -2.29. The van der Waals surface area contributed by atoms with E-state index in [1.54, 1.807) is 24.3 Å². The summed E-state index contributed by atoms with van der Waals surface area (Å²) in [5.74, 6) is -1.60. The van der Waals surface area contributed by atoms with Crippen molar-refractivity contribution >= 4 is 33.1 Å². The van der Waals surface area contributed by atoms with Gasteiger partial charge in [0.1, 0.15) is 17.7 Å². The molecule has 4 rings (SSSR count). The molecule has 1 aliphatic heterocycles. The molecule has 192 valence electrons. The number of nitrogen functional groups attached to an aromatic ring is 1. The highest BCUT2D eigenvalue weighted by Gasteiger charge is 2.22. The van der Waals surface area contributed by atoms with Crippen molar-refractivity contribution in [1.29, 1.82) is 0 Å². The fourth-order valence-electron chi connectivity index (χ4n) is 3.94. The molecule has 0 saturated carbocycles. The Balaban J connectivity index is 1.46. The van der Waals surface area contributed by atoms with Crippen molar-refractivity contribution in [2.24, 2.45) is 0 Å². The normalized spacial score (nSPS) is 15.1. The number of benzene rings is 2. The van der Waals surface area contributed by atoms with Gasteiger partial charge in [-0.05, 0) is 57.1 Å². The molecular weight excluding hydrogens is 512 g/mol. The third-order valence-corrected chi connectivity index (χ3v) is 7.52. The summed E-state index contributed by atoms with van der Waals surface area (Å²) in [6.07, 6.45) is 2.63. The van der Waals surface area contributed by atoms with Gasteiger partial charge in [-0.2, -0.15) is 0 Å². The predicted molar refractivity (Wildman–Crippen MR) is 135 cm³/mol. The summed E-state index contributed by atoms with van der Waals surface area (Å²) in [6, 6.07) is 8.48. The zero-order chi connectivity index (χ0) is 25.9. The van der Waals surface area contributed by atoms with E-state index < -0.39 is 27.8 Å². The Morgan fingerprint density at radius 2 is 1.81 bits per heavy atom. The zero-order valence-corrected chi connectivity index (χ0v) is 21.1. The standard InChI is InChI=1S/C24H26ClF2N5O3S/c1-15(21-18(26)8-9-19(27)22(21)25)35-24-23(28)29-14-20(30-24)16-4-6-17(7-5-16)31-36(33,34)13-12-32-10-2-3-11-32/h4-9,14-15,31H,2-3,10-13H2,1H3,(H2,28,29). The van der Waals surface area contributed by atoms with Crippen LogP contribution in [0.1, 0.15) is 31.4 Å². The van der Waals surface area contributed by atoms with Crippen LogP contribution in [0.25, 0.3) is 11.3 Å². The number of ether oxygens (including phenoxy) is 1. The molecule has 1 saturated heterocycles. The summed E-state index contributed by atoms with van der Waals surface area (Å²) in [7, 11) is -3.49. The van der Waals surface area contributed by atoms with E-state index in [0.717, 1.165) is 38.1 Å². The molecule has 1 fully saturated rings. The summed E-state index contributed by atoms with van der Waals surface area (Å²) in [4.78, 5) is 10.6. The van der Waals surface area contributed by atoms with Crippen molar-refractivity contribution in [3.05, 3.63) is 64.8 Å². The highest BCUT2D eigenvalue weighted by atomic mass is 35.5. The molecule has 3 aromatic rings. The number of nitrogens with one attached hydrogen (secondary N) is 1. The summed E-state index contributed by atoms with van der Waals surface area (Å²) >= 11 is 5.93. The number of aromatic nitrogens is 2. The van der Waals surface area contributed by atoms with E-state index in [1.165, 1.54) is 13.1 Å². The van der Waals surface area contributed by atoms with Crippen molar-refractivity contribution in [2.45, 2.75) is 25.9 Å². The molecule has 0 spiro atoms. The number of hydrogen-bond acceptors (Lipinski definition) is 7. The monoisotopic (exact) mass is 537 g/mol. The molecule has 1 aliphatic rings. The van der Waals surface area contributed by atoms with Crippen LogP contribution in [0, 0.1) is 11.6 Å². The van der Waals surface area contributed by atoms with Crippen LogP contribution in [0.5, 0.6) is 5.88 Å². The summed E-state index contributed by atoms with van der Waals surface area (Å²) in [5.41, 5.74) is 7.16. The fraction of sp³-hybridized carbons (Fsp3) is 0.333. The van der Waals surface area contributed by atoms with E-state index in [0.29, 0.717) is 23.5 Å². The Bertz CT molecular complexity index is 1340. The minimum Gasteiger partial charge on any atom is -0.467 e. The molecule has 2 heterocycles. The van der Waals surface area contributed by atoms with E-state index in [9.17, 15) is 17.2 Å². The lowest BCUT2D eigenvalue weighted by atomic mass is 10.1. The van der Waals surface area contributed by atoms with E-state index in [2.05, 4.69) is 19.6 Å². The SMILES string of the molecule is CC(Oc1nc(-c2ccc(NS(=O)(=O)CCN3CCCC3)cc2)cnc1N)c1c(F)ccc(F)c1Cl. The van der Waals surface area contributed by atoms with Crippen molar-refractivity contribution in [2.75, 3.05) is 35.8 Å². The average molecular weight is 538 g/mol. The van der Waals surface area contributed by atoms with Crippen LogP contribution >= 0.6 is 11.6 Å². The second kappa shape index (κ2) is 10.9. The third-order valence-electron chi connectivity index (χ3n) is 5.87. The molecule has 1 aromatic heterocycles. The number of halogens is 3. The lowest BCUT2D eigenvalue weighted by molar-refractivity contribution is 0.213. The lowest BCUT2D eigenvalue weighted by Gasteiger charge is -2.18. The smallest absolute Gasteiger partial charge is 0.258 e. The van der Waals surface area contributed by atoms with Crippen molar-refractivity contribution < 1.29 is 21.9 Å². The van der Waals surface area contributed by atoms with Gasteiger partial charge in [-0.1, -0.05) is 23.7 Å². The maximum absolute atomic E-state index is 14.3. The molecule has 0 bridgehead atoms. The van der Waals surface area contributed by atoms with Crippen molar-refractivity contribution in [1.82, 2.24) is 14.9 Å². The first-order chi connectivity index (χ1) is 17.1. The number of hydrogen-bond donors (Lipinski definition) is 2. The van der Waals surface area contributed by atoms with Gasteiger partial charge >= 0.3 is 0 Å². The Labute approximate surface area is 213 Å². The number of sulfonamides is 1.